The van der Waals surface area contributed by atoms with Crippen molar-refractivity contribution in [3.8, 4) is 22.1 Å². The van der Waals surface area contributed by atoms with E-state index in [4.69, 9.17) is 9.72 Å². The molecule has 0 saturated carbocycles. The molecule has 0 aliphatic rings. The van der Waals surface area contributed by atoms with E-state index in [-0.39, 0.29) is 0 Å². The zero-order valence-electron chi connectivity index (χ0n) is 16.4. The number of hydrogen-bond donors (Lipinski definition) is 1. The van der Waals surface area contributed by atoms with Crippen molar-refractivity contribution in [1.29, 1.82) is 0 Å². The smallest absolute Gasteiger partial charge is 0.213 e. The Balaban J connectivity index is 1.45. The van der Waals surface area contributed by atoms with Crippen molar-refractivity contribution >= 4 is 33.2 Å². The van der Waals surface area contributed by atoms with Crippen LogP contribution in [0.1, 0.15) is 5.69 Å². The molecule has 7 nitrogen and oxygen atoms in total. The van der Waals surface area contributed by atoms with Crippen molar-refractivity contribution in [1.82, 2.24) is 25.0 Å². The van der Waals surface area contributed by atoms with Crippen LogP contribution in [-0.2, 0) is 0 Å². The number of nitrogens with one attached hydrogen (secondary N) is 1. The molecule has 0 bridgehead atoms. The molecule has 1 N–H and O–H groups in total. The van der Waals surface area contributed by atoms with Crippen molar-refractivity contribution in [3.05, 3.63) is 72.4 Å². The summed E-state index contributed by atoms with van der Waals surface area (Å²) >= 11 is 1.55. The van der Waals surface area contributed by atoms with Crippen molar-refractivity contribution in [2.75, 3.05) is 12.4 Å². The van der Waals surface area contributed by atoms with Crippen LogP contribution in [0, 0.1) is 6.92 Å². The van der Waals surface area contributed by atoms with E-state index in [0.29, 0.717) is 5.82 Å². The van der Waals surface area contributed by atoms with Crippen LogP contribution in [0.5, 0.6) is 5.75 Å². The van der Waals surface area contributed by atoms with Gasteiger partial charge in [-0.3, -0.25) is 0 Å². The normalized spacial score (nSPS) is 11.0. The molecular formula is C22H18N6OS. The largest absolute Gasteiger partial charge is 0.497 e. The Kier molecular flexibility index (Phi) is 4.61. The second-order valence-electron chi connectivity index (χ2n) is 6.71. The molecule has 0 spiro atoms. The number of fused-ring (bicyclic) bond motifs is 1. The van der Waals surface area contributed by atoms with Crippen molar-refractivity contribution in [2.45, 2.75) is 6.92 Å². The molecule has 0 aliphatic heterocycles. The minimum Gasteiger partial charge on any atom is -0.497 e. The van der Waals surface area contributed by atoms with E-state index in [1.165, 1.54) is 0 Å². The van der Waals surface area contributed by atoms with E-state index in [1.807, 2.05) is 73.7 Å². The predicted octanol–water partition coefficient (Wildman–Crippen LogP) is 5.00. The summed E-state index contributed by atoms with van der Waals surface area (Å²) in [6.45, 7) is 1.95. The number of nitrogens with zero attached hydrogens (tertiary/aromatic N) is 5. The summed E-state index contributed by atoms with van der Waals surface area (Å²) < 4.78 is 8.14. The Morgan fingerprint density at radius 3 is 2.60 bits per heavy atom. The predicted molar refractivity (Wildman–Crippen MR) is 119 cm³/mol. The summed E-state index contributed by atoms with van der Waals surface area (Å²) in [5.41, 5.74) is 3.64. The van der Waals surface area contributed by atoms with Crippen LogP contribution in [0.3, 0.4) is 0 Å². The molecule has 0 saturated heterocycles. The monoisotopic (exact) mass is 414 g/mol. The van der Waals surface area contributed by atoms with Gasteiger partial charge in [0.05, 0.1) is 28.7 Å². The quantitative estimate of drug-likeness (QED) is 0.436. The van der Waals surface area contributed by atoms with Crippen LogP contribution in [-0.4, -0.2) is 32.1 Å². The number of rotatable bonds is 5. The van der Waals surface area contributed by atoms with Gasteiger partial charge in [-0.05, 0) is 37.3 Å². The first-order valence-electron chi connectivity index (χ1n) is 9.37. The van der Waals surface area contributed by atoms with Crippen molar-refractivity contribution in [2.24, 2.45) is 0 Å². The van der Waals surface area contributed by atoms with Crippen molar-refractivity contribution < 1.29 is 4.74 Å². The van der Waals surface area contributed by atoms with Crippen LogP contribution in [0.15, 0.2) is 66.7 Å². The molecule has 3 heterocycles. The zero-order valence-corrected chi connectivity index (χ0v) is 17.2. The van der Waals surface area contributed by atoms with Gasteiger partial charge in [0.2, 0.25) is 5.13 Å². The van der Waals surface area contributed by atoms with E-state index >= 15 is 0 Å². The molecule has 5 aromatic rings. The summed E-state index contributed by atoms with van der Waals surface area (Å²) in [6, 6.07) is 21.6. The van der Waals surface area contributed by atoms with Gasteiger partial charge in [0.1, 0.15) is 11.6 Å². The molecule has 0 aliphatic carbocycles. The molecular weight excluding hydrogens is 396 g/mol. The third-order valence-corrected chi connectivity index (χ3v) is 5.58. The number of aryl methyl sites for hydroxylation is 1. The molecule has 0 amide bonds. The third-order valence-electron chi connectivity index (χ3n) is 4.59. The van der Waals surface area contributed by atoms with Crippen LogP contribution in [0.4, 0.5) is 11.6 Å². The van der Waals surface area contributed by atoms with E-state index in [0.717, 1.165) is 43.9 Å². The second kappa shape index (κ2) is 7.57. The SMILES string of the molecule is COc1ccc2nc(-n3nc(C)cc3Nc3ccc(-c4ccccc4)nn3)sc2c1. The first-order valence-corrected chi connectivity index (χ1v) is 10.2. The lowest BCUT2D eigenvalue weighted by Gasteiger charge is -2.07. The number of anilines is 2. The molecule has 5 rings (SSSR count). The number of thiazole rings is 1. The van der Waals surface area contributed by atoms with Gasteiger partial charge in [-0.1, -0.05) is 41.7 Å². The second-order valence-corrected chi connectivity index (χ2v) is 7.72. The summed E-state index contributed by atoms with van der Waals surface area (Å²) in [5, 5.41) is 17.3. The molecule has 0 fully saturated rings. The molecule has 0 unspecified atom stereocenters. The third kappa shape index (κ3) is 3.48. The minimum absolute atomic E-state index is 0.638. The van der Waals surface area contributed by atoms with Gasteiger partial charge >= 0.3 is 0 Å². The summed E-state index contributed by atoms with van der Waals surface area (Å²) in [5.74, 6) is 2.22. The highest BCUT2D eigenvalue weighted by Gasteiger charge is 2.14. The average Bonchev–Trinajstić information content (AvgIpc) is 3.37. The number of ether oxygens (including phenoxy) is 1. The summed E-state index contributed by atoms with van der Waals surface area (Å²) in [6.07, 6.45) is 0. The minimum atomic E-state index is 0.638. The maximum Gasteiger partial charge on any atom is 0.213 e. The van der Waals surface area contributed by atoms with Gasteiger partial charge in [-0.15, -0.1) is 10.2 Å². The van der Waals surface area contributed by atoms with Gasteiger partial charge in [0.15, 0.2) is 5.82 Å². The zero-order chi connectivity index (χ0) is 20.5. The Hall–Kier alpha value is -3.78. The molecule has 30 heavy (non-hydrogen) atoms. The molecule has 2 aromatic carbocycles. The summed E-state index contributed by atoms with van der Waals surface area (Å²) in [7, 11) is 1.66. The highest BCUT2D eigenvalue weighted by molar-refractivity contribution is 7.20. The summed E-state index contributed by atoms with van der Waals surface area (Å²) in [4.78, 5) is 4.72. The Morgan fingerprint density at radius 1 is 0.967 bits per heavy atom. The molecule has 3 aromatic heterocycles. The van der Waals surface area contributed by atoms with E-state index < -0.39 is 0 Å². The molecule has 8 heteroatoms. The van der Waals surface area contributed by atoms with Crippen LogP contribution in [0.25, 0.3) is 26.6 Å². The number of methoxy groups -OCH3 is 1. The number of benzene rings is 2. The van der Waals surface area contributed by atoms with Crippen molar-refractivity contribution in [3.63, 3.8) is 0 Å². The highest BCUT2D eigenvalue weighted by Crippen LogP contribution is 2.30. The molecule has 148 valence electrons. The van der Waals surface area contributed by atoms with E-state index in [1.54, 1.807) is 23.1 Å². The molecule has 0 radical (unpaired) electrons. The Morgan fingerprint density at radius 2 is 1.83 bits per heavy atom. The fourth-order valence-electron chi connectivity index (χ4n) is 3.14. The lowest BCUT2D eigenvalue weighted by molar-refractivity contribution is 0.415. The fraction of sp³-hybridized carbons (Fsp3) is 0.0909. The fourth-order valence-corrected chi connectivity index (χ4v) is 4.10. The maximum atomic E-state index is 5.31. The highest BCUT2D eigenvalue weighted by atomic mass is 32.1. The maximum absolute atomic E-state index is 5.31. The molecule has 0 atom stereocenters. The van der Waals surface area contributed by atoms with Gasteiger partial charge < -0.3 is 10.1 Å². The average molecular weight is 414 g/mol. The standard InChI is InChI=1S/C22H18N6OS/c1-14-12-21(24-20-11-10-17(25-26-20)15-6-4-3-5-7-15)28(27-14)22-23-18-9-8-16(29-2)13-19(18)30-22/h3-13H,1-2H3,(H,24,26). The van der Waals surface area contributed by atoms with E-state index in [2.05, 4.69) is 20.6 Å². The number of aromatic nitrogens is 5. The lowest BCUT2D eigenvalue weighted by Crippen LogP contribution is -2.04. The van der Waals surface area contributed by atoms with E-state index in [9.17, 15) is 0 Å². The van der Waals surface area contributed by atoms with Crippen LogP contribution >= 0.6 is 11.3 Å². The van der Waals surface area contributed by atoms with Gasteiger partial charge in [-0.2, -0.15) is 9.78 Å². The topological polar surface area (TPSA) is 77.8 Å². The Labute approximate surface area is 177 Å². The van der Waals surface area contributed by atoms with Gasteiger partial charge in [0.25, 0.3) is 0 Å². The lowest BCUT2D eigenvalue weighted by atomic mass is 10.1. The number of hydrogen-bond acceptors (Lipinski definition) is 7. The van der Waals surface area contributed by atoms with Crippen LogP contribution < -0.4 is 10.1 Å². The Bertz CT molecular complexity index is 1310. The van der Waals surface area contributed by atoms with Crippen LogP contribution in [0.2, 0.25) is 0 Å². The first kappa shape index (κ1) is 18.3. The van der Waals surface area contributed by atoms with Gasteiger partial charge in [-0.25, -0.2) is 4.98 Å². The first-order chi connectivity index (χ1) is 14.7. The van der Waals surface area contributed by atoms with Gasteiger partial charge in [0, 0.05) is 11.6 Å².